The molecule has 1 rings (SSSR count). The number of nitrogens with zero attached hydrogens (tertiary/aromatic N) is 1. The lowest BCUT2D eigenvalue weighted by molar-refractivity contribution is 0.362. The van der Waals surface area contributed by atoms with E-state index in [1.807, 2.05) is 0 Å². The number of hydrogen-bond acceptors (Lipinski definition) is 2. The molecule has 1 heterocycles. The van der Waals surface area contributed by atoms with Crippen molar-refractivity contribution in [2.45, 2.75) is 10.2 Å². The van der Waals surface area contributed by atoms with E-state index in [9.17, 15) is 0 Å². The van der Waals surface area contributed by atoms with Crippen molar-refractivity contribution in [2.75, 3.05) is 6.61 Å². The van der Waals surface area contributed by atoms with Crippen molar-refractivity contribution >= 4 is 34.8 Å². The van der Waals surface area contributed by atoms with Crippen LogP contribution < -0.4 is 4.74 Å². The zero-order valence-corrected chi connectivity index (χ0v) is 10.2. The van der Waals surface area contributed by atoms with Crippen LogP contribution in [0.4, 0.5) is 0 Å². The number of rotatable bonds is 4. The highest BCUT2D eigenvalue weighted by Gasteiger charge is 2.21. The van der Waals surface area contributed by atoms with Crippen LogP contribution in [0.5, 0.6) is 5.75 Å². The molecule has 0 aliphatic carbocycles. The second kappa shape index (κ2) is 5.59. The lowest BCUT2D eigenvalue weighted by Gasteiger charge is -2.10. The van der Waals surface area contributed by atoms with Gasteiger partial charge in [0, 0.05) is 24.4 Å². The molecule has 0 aromatic carbocycles. The summed E-state index contributed by atoms with van der Waals surface area (Å²) in [5.41, 5.74) is 0.677. The van der Waals surface area contributed by atoms with Crippen molar-refractivity contribution in [3.05, 3.63) is 36.7 Å². The van der Waals surface area contributed by atoms with Crippen LogP contribution in [0, 0.1) is 0 Å². The zero-order valence-electron chi connectivity index (χ0n) is 7.92. The molecule has 0 bridgehead atoms. The van der Waals surface area contributed by atoms with E-state index in [0.717, 1.165) is 0 Å². The van der Waals surface area contributed by atoms with Crippen LogP contribution in [0.25, 0.3) is 0 Å². The van der Waals surface area contributed by atoms with Gasteiger partial charge in [-0.1, -0.05) is 47.5 Å². The Morgan fingerprint density at radius 1 is 1.47 bits per heavy atom. The summed E-state index contributed by atoms with van der Waals surface area (Å²) in [7, 11) is 0. The largest absolute Gasteiger partial charge is 0.489 e. The average Bonchev–Trinajstić information content (AvgIpc) is 2.12. The maximum Gasteiger partial charge on any atom is 0.196 e. The van der Waals surface area contributed by atoms with E-state index in [4.69, 9.17) is 39.5 Å². The van der Waals surface area contributed by atoms with Crippen LogP contribution in [0.2, 0.25) is 0 Å². The maximum absolute atomic E-state index is 5.66. The van der Waals surface area contributed by atoms with Crippen LogP contribution in [0.15, 0.2) is 31.0 Å². The molecule has 0 saturated carbocycles. The second-order valence-electron chi connectivity index (χ2n) is 2.87. The highest BCUT2D eigenvalue weighted by molar-refractivity contribution is 6.67. The predicted octanol–water partition coefficient (Wildman–Crippen LogP) is 3.56. The van der Waals surface area contributed by atoms with Gasteiger partial charge in [-0.05, 0) is 6.07 Å². The van der Waals surface area contributed by atoms with Crippen molar-refractivity contribution in [3.63, 3.8) is 0 Å². The first kappa shape index (κ1) is 12.6. The van der Waals surface area contributed by atoms with Crippen molar-refractivity contribution in [1.82, 2.24) is 4.98 Å². The summed E-state index contributed by atoms with van der Waals surface area (Å²) >= 11 is 17.0. The standard InChI is InChI=1S/C10H10Cl3NO/c1-2-5-15-9-3-4-14-8(6-9)7-10(11,12)13/h2-4,6H,1,5,7H2. The molecule has 0 amide bonds. The minimum atomic E-state index is -1.33. The van der Waals surface area contributed by atoms with E-state index >= 15 is 0 Å². The first-order valence-corrected chi connectivity index (χ1v) is 5.40. The van der Waals surface area contributed by atoms with Crippen molar-refractivity contribution in [1.29, 1.82) is 0 Å². The molecular weight excluding hydrogens is 256 g/mol. The molecule has 2 nitrogen and oxygen atoms in total. The summed E-state index contributed by atoms with van der Waals surface area (Å²) in [6.07, 6.45) is 3.53. The molecular formula is C10H10Cl3NO. The Labute approximate surface area is 104 Å². The first-order chi connectivity index (χ1) is 7.01. The SMILES string of the molecule is C=CCOc1ccnc(CC(Cl)(Cl)Cl)c1. The van der Waals surface area contributed by atoms with Crippen molar-refractivity contribution in [2.24, 2.45) is 0 Å². The summed E-state index contributed by atoms with van der Waals surface area (Å²) in [6.45, 7) is 4.00. The molecule has 82 valence electrons. The third-order valence-corrected chi connectivity index (χ3v) is 1.94. The summed E-state index contributed by atoms with van der Waals surface area (Å²) in [4.78, 5) is 4.07. The minimum absolute atomic E-state index is 0.253. The highest BCUT2D eigenvalue weighted by atomic mass is 35.6. The summed E-state index contributed by atoms with van der Waals surface area (Å²) in [5.74, 6) is 0.689. The Morgan fingerprint density at radius 3 is 2.80 bits per heavy atom. The number of pyridine rings is 1. The van der Waals surface area contributed by atoms with Gasteiger partial charge in [-0.3, -0.25) is 4.98 Å². The van der Waals surface area contributed by atoms with E-state index in [1.165, 1.54) is 0 Å². The van der Waals surface area contributed by atoms with Gasteiger partial charge in [-0.15, -0.1) is 0 Å². The van der Waals surface area contributed by atoms with Crippen LogP contribution in [0.3, 0.4) is 0 Å². The van der Waals surface area contributed by atoms with Crippen molar-refractivity contribution in [3.8, 4) is 5.75 Å². The number of halogens is 3. The van der Waals surface area contributed by atoms with Crippen LogP contribution >= 0.6 is 34.8 Å². The molecule has 0 aliphatic heterocycles. The molecule has 0 spiro atoms. The normalized spacial score (nSPS) is 11.1. The number of hydrogen-bond donors (Lipinski definition) is 0. The van der Waals surface area contributed by atoms with Gasteiger partial charge < -0.3 is 4.74 Å². The lowest BCUT2D eigenvalue weighted by atomic mass is 10.3. The third kappa shape index (κ3) is 5.26. The van der Waals surface area contributed by atoms with E-state index in [2.05, 4.69) is 11.6 Å². The predicted molar refractivity (Wildman–Crippen MR) is 63.9 cm³/mol. The lowest BCUT2D eigenvalue weighted by Crippen LogP contribution is -2.08. The quantitative estimate of drug-likeness (QED) is 0.614. The molecule has 0 N–H and O–H groups in total. The average molecular weight is 267 g/mol. The molecule has 0 aliphatic rings. The van der Waals surface area contributed by atoms with Gasteiger partial charge >= 0.3 is 0 Å². The number of alkyl halides is 3. The Bertz CT molecular complexity index is 336. The zero-order chi connectivity index (χ0) is 11.3. The highest BCUT2D eigenvalue weighted by Crippen LogP contribution is 2.30. The Hall–Kier alpha value is -0.440. The van der Waals surface area contributed by atoms with Crippen LogP contribution in [-0.4, -0.2) is 15.4 Å². The van der Waals surface area contributed by atoms with Gasteiger partial charge in [0.1, 0.15) is 12.4 Å². The van der Waals surface area contributed by atoms with E-state index < -0.39 is 3.79 Å². The summed E-state index contributed by atoms with van der Waals surface area (Å²) < 4.78 is 3.99. The molecule has 5 heteroatoms. The van der Waals surface area contributed by atoms with Gasteiger partial charge in [0.15, 0.2) is 3.79 Å². The molecule has 0 atom stereocenters. The summed E-state index contributed by atoms with van der Waals surface area (Å²) in [6, 6.07) is 3.48. The Balaban J connectivity index is 2.69. The molecule has 0 radical (unpaired) electrons. The Morgan fingerprint density at radius 2 is 2.20 bits per heavy atom. The fourth-order valence-electron chi connectivity index (χ4n) is 1.00. The maximum atomic E-state index is 5.66. The smallest absolute Gasteiger partial charge is 0.196 e. The fourth-order valence-corrected chi connectivity index (χ4v) is 1.41. The van der Waals surface area contributed by atoms with E-state index in [1.54, 1.807) is 24.4 Å². The van der Waals surface area contributed by atoms with Gasteiger partial charge in [-0.2, -0.15) is 0 Å². The number of ether oxygens (including phenoxy) is 1. The van der Waals surface area contributed by atoms with Gasteiger partial charge in [-0.25, -0.2) is 0 Å². The van der Waals surface area contributed by atoms with Crippen LogP contribution in [-0.2, 0) is 6.42 Å². The minimum Gasteiger partial charge on any atom is -0.489 e. The molecule has 0 saturated heterocycles. The second-order valence-corrected chi connectivity index (χ2v) is 5.39. The fraction of sp³-hybridized carbons (Fsp3) is 0.300. The van der Waals surface area contributed by atoms with Crippen molar-refractivity contribution < 1.29 is 4.74 Å². The number of aromatic nitrogens is 1. The topological polar surface area (TPSA) is 22.1 Å². The molecule has 0 fully saturated rings. The van der Waals surface area contributed by atoms with E-state index in [0.29, 0.717) is 18.1 Å². The third-order valence-electron chi connectivity index (χ3n) is 1.54. The first-order valence-electron chi connectivity index (χ1n) is 4.26. The monoisotopic (exact) mass is 265 g/mol. The van der Waals surface area contributed by atoms with Crippen LogP contribution in [0.1, 0.15) is 5.69 Å². The molecule has 0 unspecified atom stereocenters. The molecule has 1 aromatic rings. The van der Waals surface area contributed by atoms with Gasteiger partial charge in [0.25, 0.3) is 0 Å². The molecule has 1 aromatic heterocycles. The molecule has 15 heavy (non-hydrogen) atoms. The Kier molecular flexibility index (Phi) is 4.71. The van der Waals surface area contributed by atoms with E-state index in [-0.39, 0.29) is 6.42 Å². The van der Waals surface area contributed by atoms with Gasteiger partial charge in [0.05, 0.1) is 0 Å². The summed E-state index contributed by atoms with van der Waals surface area (Å²) in [5, 5.41) is 0. The van der Waals surface area contributed by atoms with Gasteiger partial charge in [0.2, 0.25) is 0 Å².